The third kappa shape index (κ3) is 3.68. The van der Waals surface area contributed by atoms with E-state index in [2.05, 4.69) is 10.00 Å². The van der Waals surface area contributed by atoms with Gasteiger partial charge in [0.15, 0.2) is 0 Å². The summed E-state index contributed by atoms with van der Waals surface area (Å²) in [5.74, 6) is 0. The van der Waals surface area contributed by atoms with Crippen LogP contribution < -0.4 is 16.2 Å². The van der Waals surface area contributed by atoms with Gasteiger partial charge in [-0.25, -0.2) is 4.68 Å². The number of hydrogen-bond donors (Lipinski definition) is 1. The van der Waals surface area contributed by atoms with Crippen molar-refractivity contribution in [2.24, 2.45) is 5.73 Å². The highest BCUT2D eigenvalue weighted by Gasteiger charge is 2.19. The van der Waals surface area contributed by atoms with Crippen molar-refractivity contribution in [1.29, 1.82) is 0 Å². The van der Waals surface area contributed by atoms with E-state index in [-0.39, 0.29) is 5.56 Å². The van der Waals surface area contributed by atoms with Gasteiger partial charge in [-0.1, -0.05) is 12.2 Å². The molecule has 1 aromatic heterocycles. The van der Waals surface area contributed by atoms with Gasteiger partial charge >= 0.3 is 0 Å². The van der Waals surface area contributed by atoms with Gasteiger partial charge in [-0.05, 0) is 12.8 Å². The molecule has 0 spiro atoms. The van der Waals surface area contributed by atoms with Gasteiger partial charge in [-0.3, -0.25) is 4.79 Å². The van der Waals surface area contributed by atoms with Crippen LogP contribution in [-0.4, -0.2) is 42.6 Å². The lowest BCUT2D eigenvalue weighted by molar-refractivity contribution is 0.0819. The van der Waals surface area contributed by atoms with Crippen LogP contribution in [0.4, 0.5) is 5.69 Å². The summed E-state index contributed by atoms with van der Waals surface area (Å²) < 4.78 is 6.78. The standard InChI is InChI=1S/C14H22N4O2/c1-20-13-4-8-17(9-5-13)12-10-14(19)18(16-11-12)7-3-2-6-15/h2-3,10-11,13H,4-9,15H2,1H3/b3-2+. The van der Waals surface area contributed by atoms with E-state index in [1.165, 1.54) is 4.68 Å². The van der Waals surface area contributed by atoms with Gasteiger partial charge in [-0.2, -0.15) is 5.10 Å². The molecule has 0 atom stereocenters. The van der Waals surface area contributed by atoms with Crippen LogP contribution in [0.5, 0.6) is 0 Å². The first-order valence-electron chi connectivity index (χ1n) is 6.94. The maximum absolute atomic E-state index is 12.0. The molecule has 1 aliphatic rings. The molecular weight excluding hydrogens is 256 g/mol. The Hall–Kier alpha value is -1.66. The number of nitrogens with two attached hydrogens (primary N) is 1. The highest BCUT2D eigenvalue weighted by Crippen LogP contribution is 2.18. The second-order valence-electron chi connectivity index (χ2n) is 4.86. The van der Waals surface area contributed by atoms with Crippen molar-refractivity contribution >= 4 is 5.69 Å². The van der Waals surface area contributed by atoms with Gasteiger partial charge in [0.05, 0.1) is 24.5 Å². The van der Waals surface area contributed by atoms with E-state index in [0.29, 0.717) is 19.2 Å². The van der Waals surface area contributed by atoms with E-state index in [0.717, 1.165) is 31.6 Å². The average molecular weight is 278 g/mol. The number of aromatic nitrogens is 2. The Morgan fingerprint density at radius 3 is 2.80 bits per heavy atom. The van der Waals surface area contributed by atoms with E-state index >= 15 is 0 Å². The van der Waals surface area contributed by atoms with Crippen molar-refractivity contribution in [2.45, 2.75) is 25.5 Å². The van der Waals surface area contributed by atoms with Crippen LogP contribution >= 0.6 is 0 Å². The van der Waals surface area contributed by atoms with Gasteiger partial charge in [0.25, 0.3) is 5.56 Å². The summed E-state index contributed by atoms with van der Waals surface area (Å²) >= 11 is 0. The first kappa shape index (κ1) is 14.7. The van der Waals surface area contributed by atoms with E-state index < -0.39 is 0 Å². The third-order valence-electron chi connectivity index (χ3n) is 3.58. The van der Waals surface area contributed by atoms with Gasteiger partial charge in [-0.15, -0.1) is 0 Å². The molecule has 2 heterocycles. The van der Waals surface area contributed by atoms with Gasteiger partial charge in [0.2, 0.25) is 0 Å². The first-order valence-corrected chi connectivity index (χ1v) is 6.94. The lowest BCUT2D eigenvalue weighted by Crippen LogP contribution is -2.37. The lowest BCUT2D eigenvalue weighted by atomic mass is 10.1. The molecule has 2 rings (SSSR count). The number of anilines is 1. The minimum absolute atomic E-state index is 0.0852. The number of hydrogen-bond acceptors (Lipinski definition) is 5. The minimum Gasteiger partial charge on any atom is -0.381 e. The van der Waals surface area contributed by atoms with Crippen LogP contribution in [0.25, 0.3) is 0 Å². The summed E-state index contributed by atoms with van der Waals surface area (Å²) in [5, 5.41) is 4.20. The summed E-state index contributed by atoms with van der Waals surface area (Å²) in [6.07, 6.45) is 7.72. The molecule has 0 unspecified atom stereocenters. The van der Waals surface area contributed by atoms with Crippen LogP contribution in [0.15, 0.2) is 29.2 Å². The average Bonchev–Trinajstić information content (AvgIpc) is 2.49. The SMILES string of the molecule is COC1CCN(c2cnn(C/C=C/CN)c(=O)c2)CC1. The number of piperidine rings is 1. The molecule has 1 aliphatic heterocycles. The van der Waals surface area contributed by atoms with Gasteiger partial charge in [0.1, 0.15) is 0 Å². The molecule has 0 aromatic carbocycles. The van der Waals surface area contributed by atoms with Crippen molar-refractivity contribution in [2.75, 3.05) is 31.6 Å². The number of rotatable bonds is 5. The lowest BCUT2D eigenvalue weighted by Gasteiger charge is -2.32. The van der Waals surface area contributed by atoms with Crippen LogP contribution in [0.2, 0.25) is 0 Å². The van der Waals surface area contributed by atoms with Crippen molar-refractivity contribution in [3.05, 3.63) is 34.8 Å². The van der Waals surface area contributed by atoms with E-state index in [9.17, 15) is 4.79 Å². The van der Waals surface area contributed by atoms with Gasteiger partial charge in [0, 0.05) is 32.8 Å². The van der Waals surface area contributed by atoms with Gasteiger partial charge < -0.3 is 15.4 Å². The molecule has 0 aliphatic carbocycles. The Morgan fingerprint density at radius 2 is 2.20 bits per heavy atom. The molecule has 1 fully saturated rings. The van der Waals surface area contributed by atoms with Crippen LogP contribution in [0.3, 0.4) is 0 Å². The summed E-state index contributed by atoms with van der Waals surface area (Å²) in [5.41, 5.74) is 6.17. The number of allylic oxidation sites excluding steroid dienone is 1. The Bertz CT molecular complexity index is 504. The molecule has 0 radical (unpaired) electrons. The van der Waals surface area contributed by atoms with Crippen molar-refractivity contribution in [3.8, 4) is 0 Å². The monoisotopic (exact) mass is 278 g/mol. The molecule has 0 amide bonds. The maximum atomic E-state index is 12.0. The van der Waals surface area contributed by atoms with Crippen LogP contribution in [0, 0.1) is 0 Å². The highest BCUT2D eigenvalue weighted by molar-refractivity contribution is 5.43. The van der Waals surface area contributed by atoms with Crippen LogP contribution in [-0.2, 0) is 11.3 Å². The molecule has 1 aromatic rings. The molecule has 2 N–H and O–H groups in total. The zero-order chi connectivity index (χ0) is 14.4. The second kappa shape index (κ2) is 7.21. The number of ether oxygens (including phenoxy) is 1. The van der Waals surface area contributed by atoms with Crippen molar-refractivity contribution in [3.63, 3.8) is 0 Å². The predicted octanol–water partition coefficient (Wildman–Crippen LogP) is 0.373. The summed E-state index contributed by atoms with van der Waals surface area (Å²) in [6, 6.07) is 1.65. The molecule has 20 heavy (non-hydrogen) atoms. The molecule has 0 bridgehead atoms. The van der Waals surface area contributed by atoms with Crippen LogP contribution in [0.1, 0.15) is 12.8 Å². The van der Waals surface area contributed by atoms with E-state index in [4.69, 9.17) is 10.5 Å². The third-order valence-corrected chi connectivity index (χ3v) is 3.58. The quantitative estimate of drug-likeness (QED) is 0.788. The normalized spacial score (nSPS) is 17.0. The molecule has 6 nitrogen and oxygen atoms in total. The zero-order valence-corrected chi connectivity index (χ0v) is 11.9. The largest absolute Gasteiger partial charge is 0.381 e. The Labute approximate surface area is 118 Å². The fourth-order valence-electron chi connectivity index (χ4n) is 2.35. The Balaban J connectivity index is 2.02. The first-order chi connectivity index (χ1) is 9.74. The fourth-order valence-corrected chi connectivity index (χ4v) is 2.35. The van der Waals surface area contributed by atoms with Crippen molar-refractivity contribution in [1.82, 2.24) is 9.78 Å². The molecule has 1 saturated heterocycles. The number of methoxy groups -OCH3 is 1. The number of nitrogens with zero attached hydrogens (tertiary/aromatic N) is 3. The summed E-state index contributed by atoms with van der Waals surface area (Å²) in [4.78, 5) is 14.2. The topological polar surface area (TPSA) is 73.4 Å². The smallest absolute Gasteiger partial charge is 0.269 e. The Morgan fingerprint density at radius 1 is 1.45 bits per heavy atom. The fraction of sp³-hybridized carbons (Fsp3) is 0.571. The molecular formula is C14H22N4O2. The minimum atomic E-state index is -0.0852. The van der Waals surface area contributed by atoms with Crippen molar-refractivity contribution < 1.29 is 4.74 Å². The summed E-state index contributed by atoms with van der Waals surface area (Å²) in [6.45, 7) is 2.73. The molecule has 110 valence electrons. The Kier molecular flexibility index (Phi) is 5.31. The zero-order valence-electron chi connectivity index (χ0n) is 11.9. The molecule has 6 heteroatoms. The van der Waals surface area contributed by atoms with E-state index in [1.54, 1.807) is 19.4 Å². The second-order valence-corrected chi connectivity index (χ2v) is 4.86. The molecule has 0 saturated carbocycles. The predicted molar refractivity (Wildman–Crippen MR) is 78.9 cm³/mol. The summed E-state index contributed by atoms with van der Waals surface area (Å²) in [7, 11) is 1.75. The highest BCUT2D eigenvalue weighted by atomic mass is 16.5. The maximum Gasteiger partial charge on any atom is 0.269 e. The van der Waals surface area contributed by atoms with E-state index in [1.807, 2.05) is 12.2 Å².